The minimum absolute atomic E-state index is 0.572. The van der Waals surface area contributed by atoms with Gasteiger partial charge < -0.3 is 0 Å². The van der Waals surface area contributed by atoms with Crippen molar-refractivity contribution in [3.63, 3.8) is 0 Å². The molecule has 1 aliphatic rings. The Hall–Kier alpha value is -8.45. The highest BCUT2D eigenvalue weighted by Crippen LogP contribution is 2.59. The molecule has 10 aromatic rings. The molecule has 0 unspecified atom stereocenters. The van der Waals surface area contributed by atoms with Crippen LogP contribution in [-0.2, 0) is 5.41 Å². The fraction of sp³-hybridized carbons (Fsp3) is 0.0167. The second-order valence-corrected chi connectivity index (χ2v) is 16.0. The third-order valence-corrected chi connectivity index (χ3v) is 12.4. The van der Waals surface area contributed by atoms with Gasteiger partial charge in [-0.3, -0.25) is 0 Å². The van der Waals surface area contributed by atoms with Gasteiger partial charge in [0, 0.05) is 16.7 Å². The Balaban J connectivity index is 1.03. The van der Waals surface area contributed by atoms with Gasteiger partial charge in [-0.05, 0) is 97.1 Å². The first-order valence-corrected chi connectivity index (χ1v) is 21.3. The van der Waals surface area contributed by atoms with Crippen LogP contribution in [0.25, 0.3) is 83.3 Å². The Morgan fingerprint density at radius 3 is 1.35 bits per heavy atom. The Bertz CT molecular complexity index is 3200. The zero-order valence-electron chi connectivity index (χ0n) is 34.4. The van der Waals surface area contributed by atoms with E-state index >= 15 is 0 Å². The molecule has 0 radical (unpaired) electrons. The smallest absolute Gasteiger partial charge is 0.195 e. The van der Waals surface area contributed by atoms with Crippen molar-refractivity contribution < 1.29 is 0 Å². The third kappa shape index (κ3) is 6.63. The molecule has 1 aliphatic carbocycles. The van der Waals surface area contributed by atoms with Crippen molar-refractivity contribution in [2.75, 3.05) is 0 Å². The highest BCUT2D eigenvalue weighted by Gasteiger charge is 2.46. The Morgan fingerprint density at radius 1 is 0.333 bits per heavy atom. The van der Waals surface area contributed by atoms with Crippen LogP contribution in [0.2, 0.25) is 0 Å². The summed E-state index contributed by atoms with van der Waals surface area (Å²) in [5, 5.41) is 0. The van der Waals surface area contributed by atoms with E-state index in [0.717, 1.165) is 78.1 Å². The zero-order chi connectivity index (χ0) is 42.2. The number of benzene rings is 9. The average molecular weight is 802 g/mol. The lowest BCUT2D eigenvalue weighted by Crippen LogP contribution is -2.28. The van der Waals surface area contributed by atoms with Crippen molar-refractivity contribution in [2.45, 2.75) is 5.41 Å². The standard InChI is InChI=1S/C60H39N3/c1-61-55-29-17-28-54-58(55)52-39-46(34-35-53(52)60(54,50-24-13-5-14-25-50)51-26-15-6-16-27-51)43-30-32-45(33-31-43)59-62-56(44-22-11-4-12-23-44)40-57(63-59)49-37-47(41-18-7-2-8-19-41)36-48(38-49)42-20-9-3-10-21-42/h2-40H. The van der Waals surface area contributed by atoms with Gasteiger partial charge in [0.1, 0.15) is 0 Å². The minimum atomic E-state index is -0.572. The summed E-state index contributed by atoms with van der Waals surface area (Å²) in [6.45, 7) is 8.27. The van der Waals surface area contributed by atoms with Crippen molar-refractivity contribution in [1.29, 1.82) is 0 Å². The molecule has 63 heavy (non-hydrogen) atoms. The summed E-state index contributed by atoms with van der Waals surface area (Å²) in [6.07, 6.45) is 0. The highest BCUT2D eigenvalue weighted by atomic mass is 14.9. The van der Waals surface area contributed by atoms with E-state index in [1.807, 2.05) is 18.2 Å². The largest absolute Gasteiger partial charge is 0.238 e. The van der Waals surface area contributed by atoms with Crippen molar-refractivity contribution >= 4 is 5.69 Å². The predicted octanol–water partition coefficient (Wildman–Crippen LogP) is 15.4. The molecule has 1 heterocycles. The molecule has 294 valence electrons. The van der Waals surface area contributed by atoms with Crippen molar-refractivity contribution in [2.24, 2.45) is 0 Å². The summed E-state index contributed by atoms with van der Waals surface area (Å²) < 4.78 is 0. The molecule has 0 saturated carbocycles. The van der Waals surface area contributed by atoms with Crippen LogP contribution in [-0.4, -0.2) is 9.97 Å². The van der Waals surface area contributed by atoms with Crippen LogP contribution in [0, 0.1) is 6.57 Å². The molecule has 0 spiro atoms. The van der Waals surface area contributed by atoms with E-state index in [4.69, 9.17) is 16.5 Å². The minimum Gasteiger partial charge on any atom is -0.238 e. The molecule has 0 bridgehead atoms. The van der Waals surface area contributed by atoms with Gasteiger partial charge in [0.2, 0.25) is 0 Å². The lowest BCUT2D eigenvalue weighted by atomic mass is 9.67. The van der Waals surface area contributed by atoms with Gasteiger partial charge in [-0.1, -0.05) is 206 Å². The SMILES string of the molecule is [C-]#[N+]c1cccc2c1-c1cc(-c3ccc(-c4nc(-c5ccccc5)cc(-c5cc(-c6ccccc6)cc(-c6ccccc6)c5)n4)cc3)ccc1C2(c1ccccc1)c1ccccc1. The van der Waals surface area contributed by atoms with Crippen LogP contribution < -0.4 is 0 Å². The van der Waals surface area contributed by atoms with Gasteiger partial charge in [-0.25, -0.2) is 14.8 Å². The summed E-state index contributed by atoms with van der Waals surface area (Å²) in [7, 11) is 0. The molecule has 0 amide bonds. The molecule has 0 fully saturated rings. The fourth-order valence-corrected chi connectivity index (χ4v) is 9.46. The van der Waals surface area contributed by atoms with Crippen LogP contribution in [0.1, 0.15) is 22.3 Å². The van der Waals surface area contributed by atoms with E-state index in [-0.39, 0.29) is 0 Å². The first-order valence-electron chi connectivity index (χ1n) is 21.3. The van der Waals surface area contributed by atoms with Crippen LogP contribution in [0.3, 0.4) is 0 Å². The number of aromatic nitrogens is 2. The number of fused-ring (bicyclic) bond motifs is 3. The summed E-state index contributed by atoms with van der Waals surface area (Å²) in [6, 6.07) is 83.2. The van der Waals surface area contributed by atoms with E-state index in [9.17, 15) is 0 Å². The lowest BCUT2D eigenvalue weighted by molar-refractivity contribution is 0.769. The summed E-state index contributed by atoms with van der Waals surface area (Å²) in [5.41, 5.74) is 18.2. The molecule has 0 saturated heterocycles. The normalized spacial score (nSPS) is 12.2. The maximum Gasteiger partial charge on any atom is 0.195 e. The summed E-state index contributed by atoms with van der Waals surface area (Å²) >= 11 is 0. The molecule has 0 atom stereocenters. The van der Waals surface area contributed by atoms with E-state index < -0.39 is 5.41 Å². The van der Waals surface area contributed by atoms with Crippen LogP contribution >= 0.6 is 0 Å². The predicted molar refractivity (Wildman–Crippen MR) is 258 cm³/mol. The van der Waals surface area contributed by atoms with E-state index in [0.29, 0.717) is 11.5 Å². The Kier molecular flexibility index (Phi) is 9.45. The Labute approximate surface area is 368 Å². The van der Waals surface area contributed by atoms with Gasteiger partial charge in [0.25, 0.3) is 0 Å². The highest BCUT2D eigenvalue weighted by molar-refractivity contribution is 5.95. The summed E-state index contributed by atoms with van der Waals surface area (Å²) in [5.74, 6) is 0.657. The monoisotopic (exact) mass is 801 g/mol. The quantitative estimate of drug-likeness (QED) is 0.143. The molecule has 11 rings (SSSR count). The van der Waals surface area contributed by atoms with Crippen molar-refractivity contribution in [3.8, 4) is 78.4 Å². The number of hydrogen-bond donors (Lipinski definition) is 0. The third-order valence-electron chi connectivity index (χ3n) is 12.4. The summed E-state index contributed by atoms with van der Waals surface area (Å²) in [4.78, 5) is 14.6. The topological polar surface area (TPSA) is 30.1 Å². The number of nitrogens with zero attached hydrogens (tertiary/aromatic N) is 3. The van der Waals surface area contributed by atoms with E-state index in [2.05, 4.69) is 223 Å². The molecular formula is C60H39N3. The van der Waals surface area contributed by atoms with Gasteiger partial charge in [0.15, 0.2) is 11.5 Å². The van der Waals surface area contributed by atoms with Gasteiger partial charge in [0.05, 0.1) is 23.4 Å². The maximum absolute atomic E-state index is 8.27. The average Bonchev–Trinajstić information content (AvgIpc) is 3.68. The van der Waals surface area contributed by atoms with Crippen LogP contribution in [0.5, 0.6) is 0 Å². The number of rotatable bonds is 8. The van der Waals surface area contributed by atoms with E-state index in [1.165, 1.54) is 16.7 Å². The number of hydrogen-bond acceptors (Lipinski definition) is 2. The maximum atomic E-state index is 8.27. The molecule has 0 N–H and O–H groups in total. The van der Waals surface area contributed by atoms with Crippen LogP contribution in [0.15, 0.2) is 237 Å². The van der Waals surface area contributed by atoms with Gasteiger partial charge in [-0.2, -0.15) is 0 Å². The second kappa shape index (κ2) is 15.9. The molecule has 9 aromatic carbocycles. The van der Waals surface area contributed by atoms with Crippen molar-refractivity contribution in [1.82, 2.24) is 9.97 Å². The van der Waals surface area contributed by atoms with Gasteiger partial charge >= 0.3 is 0 Å². The van der Waals surface area contributed by atoms with Crippen LogP contribution in [0.4, 0.5) is 5.69 Å². The second-order valence-electron chi connectivity index (χ2n) is 16.0. The molecule has 0 aliphatic heterocycles. The fourth-order valence-electron chi connectivity index (χ4n) is 9.46. The Morgan fingerprint density at radius 2 is 0.794 bits per heavy atom. The van der Waals surface area contributed by atoms with Crippen molar-refractivity contribution in [3.05, 3.63) is 270 Å². The molecule has 3 nitrogen and oxygen atoms in total. The first-order chi connectivity index (χ1) is 31.2. The van der Waals surface area contributed by atoms with E-state index in [1.54, 1.807) is 0 Å². The molecule has 1 aromatic heterocycles. The lowest BCUT2D eigenvalue weighted by Gasteiger charge is -2.34. The zero-order valence-corrected chi connectivity index (χ0v) is 34.4. The molecular weight excluding hydrogens is 763 g/mol. The van der Waals surface area contributed by atoms with Gasteiger partial charge in [-0.15, -0.1) is 0 Å². The first kappa shape index (κ1) is 37.5. The molecule has 3 heteroatoms.